The van der Waals surface area contributed by atoms with E-state index in [4.69, 9.17) is 10.5 Å². The van der Waals surface area contributed by atoms with Crippen LogP contribution >= 0.6 is 24.8 Å². The fourth-order valence-corrected chi connectivity index (χ4v) is 1.79. The topological polar surface area (TPSA) is 77.2 Å². The van der Waals surface area contributed by atoms with E-state index >= 15 is 0 Å². The highest BCUT2D eigenvalue weighted by atomic mass is 35.5. The van der Waals surface area contributed by atoms with Gasteiger partial charge in [0.2, 0.25) is 0 Å². The van der Waals surface area contributed by atoms with Crippen LogP contribution in [-0.2, 0) is 0 Å². The summed E-state index contributed by atoms with van der Waals surface area (Å²) in [5, 5.41) is 2.81. The molecular weight excluding hydrogens is 337 g/mol. The third-order valence-electron chi connectivity index (χ3n) is 2.86. The van der Waals surface area contributed by atoms with E-state index in [0.29, 0.717) is 24.5 Å². The number of carbonyl (C=O) groups excluding carboxylic acids is 1. The normalized spacial score (nSPS) is 9.26. The van der Waals surface area contributed by atoms with Gasteiger partial charge in [0.1, 0.15) is 17.2 Å². The zero-order valence-electron chi connectivity index (χ0n) is 12.6. The van der Waals surface area contributed by atoms with Gasteiger partial charge in [0, 0.05) is 18.8 Å². The first-order chi connectivity index (χ1) is 10.3. The number of aromatic nitrogens is 1. The Bertz CT molecular complexity index is 583. The Morgan fingerprint density at radius 1 is 1.09 bits per heavy atom. The lowest BCUT2D eigenvalue weighted by atomic mass is 10.3. The maximum absolute atomic E-state index is 12.0. The lowest BCUT2D eigenvalue weighted by Crippen LogP contribution is -2.25. The number of hydrogen-bond donors (Lipinski definition) is 2. The fourth-order valence-electron chi connectivity index (χ4n) is 1.79. The van der Waals surface area contributed by atoms with Gasteiger partial charge in [-0.2, -0.15) is 0 Å². The number of nitrogens with one attached hydrogen (secondary N) is 1. The predicted molar refractivity (Wildman–Crippen MR) is 95.9 cm³/mol. The van der Waals surface area contributed by atoms with Gasteiger partial charge >= 0.3 is 0 Å². The first-order valence-corrected chi connectivity index (χ1v) is 6.97. The number of nitrogens with zero attached hydrogens (tertiary/aromatic N) is 1. The largest absolute Gasteiger partial charge is 0.457 e. The van der Waals surface area contributed by atoms with Crippen LogP contribution in [0, 0.1) is 0 Å². The van der Waals surface area contributed by atoms with E-state index in [-0.39, 0.29) is 30.7 Å². The first kappa shape index (κ1) is 21.2. The molecule has 5 nitrogen and oxygen atoms in total. The molecule has 0 aliphatic carbocycles. The van der Waals surface area contributed by atoms with Crippen molar-refractivity contribution in [3.8, 4) is 11.5 Å². The van der Waals surface area contributed by atoms with Gasteiger partial charge in [0.15, 0.2) is 0 Å². The number of para-hydroxylation sites is 1. The van der Waals surface area contributed by atoms with Crippen molar-refractivity contribution >= 4 is 30.7 Å². The third-order valence-corrected chi connectivity index (χ3v) is 2.86. The summed E-state index contributed by atoms with van der Waals surface area (Å²) in [4.78, 5) is 16.0. The van der Waals surface area contributed by atoms with Crippen molar-refractivity contribution in [1.82, 2.24) is 10.3 Å². The number of pyridine rings is 1. The summed E-state index contributed by atoms with van der Waals surface area (Å²) in [6.07, 6.45) is 3.32. The molecule has 2 aromatic rings. The smallest absolute Gasteiger partial charge is 0.270 e. The molecule has 126 valence electrons. The number of rotatable bonds is 7. The van der Waals surface area contributed by atoms with Gasteiger partial charge in [0.25, 0.3) is 5.91 Å². The zero-order valence-corrected chi connectivity index (χ0v) is 14.2. The van der Waals surface area contributed by atoms with Gasteiger partial charge in [-0.3, -0.25) is 9.78 Å². The number of nitrogens with two attached hydrogens (primary N) is 1. The van der Waals surface area contributed by atoms with Crippen molar-refractivity contribution in [2.45, 2.75) is 12.8 Å². The lowest BCUT2D eigenvalue weighted by molar-refractivity contribution is 0.0947. The SMILES string of the molecule is Cl.Cl.NCCCCNC(=O)c1cc(Oc2ccccc2)ccn1. The highest BCUT2D eigenvalue weighted by molar-refractivity contribution is 5.92. The molecule has 1 aromatic heterocycles. The van der Waals surface area contributed by atoms with E-state index in [1.807, 2.05) is 30.3 Å². The molecule has 1 aromatic carbocycles. The van der Waals surface area contributed by atoms with Crippen LogP contribution in [-0.4, -0.2) is 24.0 Å². The van der Waals surface area contributed by atoms with Crippen LogP contribution in [0.25, 0.3) is 0 Å². The molecule has 0 spiro atoms. The van der Waals surface area contributed by atoms with E-state index in [1.54, 1.807) is 18.3 Å². The van der Waals surface area contributed by atoms with Crippen molar-refractivity contribution < 1.29 is 9.53 Å². The quantitative estimate of drug-likeness (QED) is 0.746. The molecule has 2 rings (SSSR count). The van der Waals surface area contributed by atoms with Gasteiger partial charge in [0.05, 0.1) is 0 Å². The van der Waals surface area contributed by atoms with Crippen molar-refractivity contribution in [2.75, 3.05) is 13.1 Å². The number of ether oxygens (including phenoxy) is 1. The molecule has 0 fully saturated rings. The minimum atomic E-state index is -0.203. The number of hydrogen-bond acceptors (Lipinski definition) is 4. The summed E-state index contributed by atoms with van der Waals surface area (Å²) in [6.45, 7) is 1.23. The van der Waals surface area contributed by atoms with Crippen molar-refractivity contribution in [3.05, 3.63) is 54.4 Å². The molecule has 0 unspecified atom stereocenters. The van der Waals surface area contributed by atoms with Crippen LogP contribution < -0.4 is 15.8 Å². The standard InChI is InChI=1S/C16H19N3O2.2ClH/c17-9-4-5-10-19-16(20)15-12-14(8-11-18-15)21-13-6-2-1-3-7-13;;/h1-3,6-8,11-12H,4-5,9-10,17H2,(H,19,20);2*1H. The molecule has 1 heterocycles. The molecular formula is C16H21Cl2N3O2. The van der Waals surface area contributed by atoms with Gasteiger partial charge in [-0.05, 0) is 37.6 Å². The minimum absolute atomic E-state index is 0. The van der Waals surface area contributed by atoms with Crippen molar-refractivity contribution in [1.29, 1.82) is 0 Å². The van der Waals surface area contributed by atoms with Gasteiger partial charge in [-0.1, -0.05) is 18.2 Å². The van der Waals surface area contributed by atoms with Gasteiger partial charge in [-0.15, -0.1) is 24.8 Å². The Labute approximate surface area is 148 Å². The summed E-state index contributed by atoms with van der Waals surface area (Å²) in [5.74, 6) is 1.10. The molecule has 0 aliphatic heterocycles. The molecule has 0 atom stereocenters. The molecule has 0 bridgehead atoms. The van der Waals surface area contributed by atoms with E-state index in [1.165, 1.54) is 0 Å². The molecule has 0 aliphatic rings. The molecule has 3 N–H and O–H groups in total. The lowest BCUT2D eigenvalue weighted by Gasteiger charge is -2.07. The maximum atomic E-state index is 12.0. The van der Waals surface area contributed by atoms with E-state index in [2.05, 4.69) is 10.3 Å². The fraction of sp³-hybridized carbons (Fsp3) is 0.250. The average Bonchev–Trinajstić information content (AvgIpc) is 2.53. The Morgan fingerprint density at radius 3 is 2.52 bits per heavy atom. The molecule has 0 saturated heterocycles. The molecule has 7 heteroatoms. The molecule has 0 radical (unpaired) electrons. The Morgan fingerprint density at radius 2 is 1.83 bits per heavy atom. The first-order valence-electron chi connectivity index (χ1n) is 6.97. The number of amides is 1. The summed E-state index contributed by atoms with van der Waals surface area (Å²) in [6, 6.07) is 12.8. The summed E-state index contributed by atoms with van der Waals surface area (Å²) >= 11 is 0. The monoisotopic (exact) mass is 357 g/mol. The van der Waals surface area contributed by atoms with E-state index in [0.717, 1.165) is 18.6 Å². The van der Waals surface area contributed by atoms with E-state index < -0.39 is 0 Å². The number of carbonyl (C=O) groups is 1. The van der Waals surface area contributed by atoms with Crippen molar-refractivity contribution in [3.63, 3.8) is 0 Å². The van der Waals surface area contributed by atoms with Crippen LogP contribution in [0.5, 0.6) is 11.5 Å². The average molecular weight is 358 g/mol. The second-order valence-corrected chi connectivity index (χ2v) is 4.54. The van der Waals surface area contributed by atoms with Crippen LogP contribution in [0.1, 0.15) is 23.3 Å². The highest BCUT2D eigenvalue weighted by Gasteiger charge is 2.08. The Kier molecular flexibility index (Phi) is 10.8. The summed E-state index contributed by atoms with van der Waals surface area (Å²) in [7, 11) is 0. The van der Waals surface area contributed by atoms with Gasteiger partial charge < -0.3 is 15.8 Å². The second-order valence-electron chi connectivity index (χ2n) is 4.54. The highest BCUT2D eigenvalue weighted by Crippen LogP contribution is 2.20. The minimum Gasteiger partial charge on any atom is -0.457 e. The zero-order chi connectivity index (χ0) is 14.9. The van der Waals surface area contributed by atoms with Crippen LogP contribution in [0.3, 0.4) is 0 Å². The third kappa shape index (κ3) is 7.32. The number of benzene rings is 1. The van der Waals surface area contributed by atoms with Crippen molar-refractivity contribution in [2.24, 2.45) is 5.73 Å². The maximum Gasteiger partial charge on any atom is 0.270 e. The number of unbranched alkanes of at least 4 members (excludes halogenated alkanes) is 1. The predicted octanol–water partition coefficient (Wildman–Crippen LogP) is 3.19. The summed E-state index contributed by atoms with van der Waals surface area (Å²) in [5.41, 5.74) is 5.75. The molecule has 1 amide bonds. The summed E-state index contributed by atoms with van der Waals surface area (Å²) < 4.78 is 5.68. The Balaban J connectivity index is 0.00000242. The number of halogens is 2. The van der Waals surface area contributed by atoms with Crippen LogP contribution in [0.15, 0.2) is 48.7 Å². The molecule has 0 saturated carbocycles. The Hall–Kier alpha value is -1.82. The van der Waals surface area contributed by atoms with E-state index in [9.17, 15) is 4.79 Å². The van der Waals surface area contributed by atoms with Crippen LogP contribution in [0.2, 0.25) is 0 Å². The second kappa shape index (κ2) is 11.7. The van der Waals surface area contributed by atoms with Gasteiger partial charge in [-0.25, -0.2) is 0 Å². The van der Waals surface area contributed by atoms with Crippen LogP contribution in [0.4, 0.5) is 0 Å². The molecule has 23 heavy (non-hydrogen) atoms.